The lowest BCUT2D eigenvalue weighted by molar-refractivity contribution is -0.122. The van der Waals surface area contributed by atoms with Crippen molar-refractivity contribution in [2.45, 2.75) is 31.2 Å². The summed E-state index contributed by atoms with van der Waals surface area (Å²) in [5.74, 6) is -1.70. The summed E-state index contributed by atoms with van der Waals surface area (Å²) in [7, 11) is 0. The Labute approximate surface area is 144 Å². The Bertz CT molecular complexity index is 690. The van der Waals surface area contributed by atoms with Gasteiger partial charge in [0, 0.05) is 29.8 Å². The minimum Gasteiger partial charge on any atom is -0.351 e. The molecule has 2 atom stereocenters. The maximum atomic E-state index is 13.5. The third-order valence-electron chi connectivity index (χ3n) is 4.38. The van der Waals surface area contributed by atoms with Crippen LogP contribution in [0.2, 0.25) is 0 Å². The molecule has 3 rings (SSSR count). The summed E-state index contributed by atoms with van der Waals surface area (Å²) in [5.41, 5.74) is 0.735. The first-order chi connectivity index (χ1) is 11.6. The van der Waals surface area contributed by atoms with Crippen LogP contribution in [0.3, 0.4) is 0 Å². The summed E-state index contributed by atoms with van der Waals surface area (Å²) in [4.78, 5) is 13.4. The molecular weight excluding hydrogens is 330 g/mol. The van der Waals surface area contributed by atoms with Gasteiger partial charge in [-0.3, -0.25) is 4.79 Å². The first kappa shape index (κ1) is 17.0. The minimum absolute atomic E-state index is 0.00737. The molecule has 2 N–H and O–H groups in total. The van der Waals surface area contributed by atoms with E-state index in [2.05, 4.69) is 10.6 Å². The van der Waals surface area contributed by atoms with Crippen LogP contribution in [0.5, 0.6) is 0 Å². The first-order valence-corrected chi connectivity index (χ1v) is 8.99. The SMILES string of the molecule is O=C(CCc1cccs1)NC1CNCCC1c1ccc(F)c(F)c1. The van der Waals surface area contributed by atoms with Gasteiger partial charge < -0.3 is 10.6 Å². The van der Waals surface area contributed by atoms with Gasteiger partial charge in [0.15, 0.2) is 11.6 Å². The van der Waals surface area contributed by atoms with Gasteiger partial charge in [-0.1, -0.05) is 12.1 Å². The number of aryl methyl sites for hydroxylation is 1. The number of hydrogen-bond donors (Lipinski definition) is 2. The standard InChI is InChI=1S/C18H20F2N2OS/c19-15-5-3-12(10-16(15)20)14-7-8-21-11-17(14)22-18(23)6-4-13-2-1-9-24-13/h1-3,5,9-10,14,17,21H,4,6-8,11H2,(H,22,23). The molecule has 2 aromatic rings. The summed E-state index contributed by atoms with van der Waals surface area (Å²) in [5, 5.41) is 8.30. The van der Waals surface area contributed by atoms with Crippen LogP contribution in [-0.2, 0) is 11.2 Å². The van der Waals surface area contributed by atoms with E-state index >= 15 is 0 Å². The molecule has 0 radical (unpaired) electrons. The second-order valence-electron chi connectivity index (χ2n) is 6.03. The third kappa shape index (κ3) is 4.19. The smallest absolute Gasteiger partial charge is 0.220 e. The van der Waals surface area contributed by atoms with Crippen LogP contribution in [-0.4, -0.2) is 25.0 Å². The highest BCUT2D eigenvalue weighted by molar-refractivity contribution is 7.09. The molecule has 0 spiro atoms. The van der Waals surface area contributed by atoms with Gasteiger partial charge in [-0.15, -0.1) is 11.3 Å². The van der Waals surface area contributed by atoms with E-state index in [-0.39, 0.29) is 17.9 Å². The molecule has 1 aromatic carbocycles. The number of amides is 1. The number of carbonyl (C=O) groups is 1. The Balaban J connectivity index is 1.63. The Hall–Kier alpha value is -1.79. The second kappa shape index (κ2) is 7.85. The molecule has 2 unspecified atom stereocenters. The molecule has 0 aliphatic carbocycles. The number of halogens is 2. The normalized spacial score (nSPS) is 20.8. The van der Waals surface area contributed by atoms with Crippen LogP contribution in [0.1, 0.15) is 29.2 Å². The maximum Gasteiger partial charge on any atom is 0.220 e. The van der Waals surface area contributed by atoms with Gasteiger partial charge in [0.1, 0.15) is 0 Å². The Morgan fingerprint density at radius 1 is 1.29 bits per heavy atom. The van der Waals surface area contributed by atoms with E-state index < -0.39 is 11.6 Å². The van der Waals surface area contributed by atoms with Crippen molar-refractivity contribution in [2.24, 2.45) is 0 Å². The fourth-order valence-electron chi connectivity index (χ4n) is 3.12. The van der Waals surface area contributed by atoms with Gasteiger partial charge in [0.2, 0.25) is 5.91 Å². The number of thiophene rings is 1. The molecule has 1 amide bonds. The average Bonchev–Trinajstić information content (AvgIpc) is 3.10. The van der Waals surface area contributed by atoms with E-state index in [1.54, 1.807) is 17.4 Å². The molecule has 1 saturated heterocycles. The predicted molar refractivity (Wildman–Crippen MR) is 91.2 cm³/mol. The van der Waals surface area contributed by atoms with Gasteiger partial charge in [0.05, 0.1) is 0 Å². The summed E-state index contributed by atoms with van der Waals surface area (Å²) in [6.45, 7) is 1.43. The van der Waals surface area contributed by atoms with Gasteiger partial charge in [-0.2, -0.15) is 0 Å². The molecular formula is C18H20F2N2OS. The highest BCUT2D eigenvalue weighted by Crippen LogP contribution is 2.27. The molecule has 1 aliphatic rings. The van der Waals surface area contributed by atoms with Crippen molar-refractivity contribution in [3.63, 3.8) is 0 Å². The monoisotopic (exact) mass is 350 g/mol. The lowest BCUT2D eigenvalue weighted by atomic mass is 9.86. The highest BCUT2D eigenvalue weighted by Gasteiger charge is 2.28. The van der Waals surface area contributed by atoms with Crippen LogP contribution in [0.4, 0.5) is 8.78 Å². The van der Waals surface area contributed by atoms with E-state index in [4.69, 9.17) is 0 Å². The van der Waals surface area contributed by atoms with Crippen LogP contribution in [0.25, 0.3) is 0 Å². The topological polar surface area (TPSA) is 41.1 Å². The zero-order chi connectivity index (χ0) is 16.9. The van der Waals surface area contributed by atoms with Crippen LogP contribution in [0, 0.1) is 11.6 Å². The molecule has 1 aliphatic heterocycles. The van der Waals surface area contributed by atoms with E-state index in [0.717, 1.165) is 31.0 Å². The van der Waals surface area contributed by atoms with Crippen LogP contribution in [0.15, 0.2) is 35.7 Å². The Morgan fingerprint density at radius 2 is 2.17 bits per heavy atom. The molecule has 0 bridgehead atoms. The third-order valence-corrected chi connectivity index (χ3v) is 5.32. The minimum atomic E-state index is -0.843. The molecule has 24 heavy (non-hydrogen) atoms. The predicted octanol–water partition coefficient (Wildman–Crippen LogP) is 3.22. The molecule has 1 fully saturated rings. The van der Waals surface area contributed by atoms with Gasteiger partial charge in [0.25, 0.3) is 0 Å². The zero-order valence-corrected chi connectivity index (χ0v) is 14.0. The molecule has 128 valence electrons. The van der Waals surface area contributed by atoms with E-state index in [1.807, 2.05) is 17.5 Å². The van der Waals surface area contributed by atoms with Crippen LogP contribution < -0.4 is 10.6 Å². The van der Waals surface area contributed by atoms with Crippen molar-refractivity contribution < 1.29 is 13.6 Å². The fraction of sp³-hybridized carbons (Fsp3) is 0.389. The summed E-state index contributed by atoms with van der Waals surface area (Å²) in [6.07, 6.45) is 1.93. The van der Waals surface area contributed by atoms with Gasteiger partial charge in [-0.05, 0) is 48.5 Å². The van der Waals surface area contributed by atoms with Gasteiger partial charge >= 0.3 is 0 Å². The van der Waals surface area contributed by atoms with Crippen molar-refractivity contribution in [3.05, 3.63) is 57.8 Å². The average molecular weight is 350 g/mol. The first-order valence-electron chi connectivity index (χ1n) is 8.11. The number of benzene rings is 1. The van der Waals surface area contributed by atoms with Crippen molar-refractivity contribution in [2.75, 3.05) is 13.1 Å². The van der Waals surface area contributed by atoms with Crippen molar-refractivity contribution in [1.29, 1.82) is 0 Å². The molecule has 3 nitrogen and oxygen atoms in total. The molecule has 0 saturated carbocycles. The van der Waals surface area contributed by atoms with Crippen molar-refractivity contribution in [1.82, 2.24) is 10.6 Å². The summed E-state index contributed by atoms with van der Waals surface area (Å²) < 4.78 is 26.7. The number of rotatable bonds is 5. The molecule has 1 aromatic heterocycles. The number of piperidine rings is 1. The van der Waals surface area contributed by atoms with Crippen molar-refractivity contribution in [3.8, 4) is 0 Å². The Kier molecular flexibility index (Phi) is 5.58. The van der Waals surface area contributed by atoms with Crippen molar-refractivity contribution >= 4 is 17.2 Å². The van der Waals surface area contributed by atoms with E-state index in [9.17, 15) is 13.6 Å². The lowest BCUT2D eigenvalue weighted by Gasteiger charge is -2.33. The molecule has 6 heteroatoms. The molecule has 2 heterocycles. The largest absolute Gasteiger partial charge is 0.351 e. The Morgan fingerprint density at radius 3 is 2.92 bits per heavy atom. The van der Waals surface area contributed by atoms with Gasteiger partial charge in [-0.25, -0.2) is 8.78 Å². The number of hydrogen-bond acceptors (Lipinski definition) is 3. The quantitative estimate of drug-likeness (QED) is 0.869. The lowest BCUT2D eigenvalue weighted by Crippen LogP contribution is -2.50. The van der Waals surface area contributed by atoms with E-state index in [0.29, 0.717) is 13.0 Å². The maximum absolute atomic E-state index is 13.5. The second-order valence-corrected chi connectivity index (χ2v) is 7.06. The number of nitrogens with one attached hydrogen (secondary N) is 2. The summed E-state index contributed by atoms with van der Waals surface area (Å²) in [6, 6.07) is 7.89. The summed E-state index contributed by atoms with van der Waals surface area (Å²) >= 11 is 1.64. The van der Waals surface area contributed by atoms with E-state index in [1.165, 1.54) is 10.9 Å². The van der Waals surface area contributed by atoms with Crippen LogP contribution >= 0.6 is 11.3 Å². The highest BCUT2D eigenvalue weighted by atomic mass is 32.1. The zero-order valence-electron chi connectivity index (χ0n) is 13.2. The number of carbonyl (C=O) groups excluding carboxylic acids is 1. The fourth-order valence-corrected chi connectivity index (χ4v) is 3.83.